The zero-order chi connectivity index (χ0) is 23.6. The monoisotopic (exact) mass is 456 g/mol. The second kappa shape index (κ2) is 17.6. The highest BCUT2D eigenvalue weighted by atomic mass is 19.1. The summed E-state index contributed by atoms with van der Waals surface area (Å²) in [6.07, 6.45) is 19.2. The standard InChI is InChI=1S/C16H32O2.C8H9FN2O3/c1-2-3-4-5-6-7-8-9-10-11-12-13-14-15-16(17)18;9-5-4-11(6-2-1-3-14-6)8(13)10-7(5)12/h2-15H2,1H3,(H,17,18);4,6H,1-3H2,(H,10,12,13). The van der Waals surface area contributed by atoms with E-state index in [2.05, 4.69) is 6.92 Å². The van der Waals surface area contributed by atoms with Gasteiger partial charge in [0.1, 0.15) is 6.23 Å². The third-order valence-electron chi connectivity index (χ3n) is 5.63. The number of nitrogens with zero attached hydrogens (tertiary/aromatic N) is 1. The topological polar surface area (TPSA) is 101 Å². The Balaban J connectivity index is 0.000000328. The van der Waals surface area contributed by atoms with Gasteiger partial charge in [-0.2, -0.15) is 4.39 Å². The Hall–Kier alpha value is -1.96. The molecule has 2 N–H and O–H groups in total. The molecule has 0 bridgehead atoms. The Labute approximate surface area is 190 Å². The van der Waals surface area contributed by atoms with Gasteiger partial charge in [-0.1, -0.05) is 84.0 Å². The number of rotatable bonds is 15. The minimum absolute atomic E-state index is 0.345. The third-order valence-corrected chi connectivity index (χ3v) is 5.63. The van der Waals surface area contributed by atoms with Gasteiger partial charge in [0, 0.05) is 13.0 Å². The molecule has 0 aliphatic carbocycles. The smallest absolute Gasteiger partial charge is 0.330 e. The average molecular weight is 457 g/mol. The molecule has 184 valence electrons. The lowest BCUT2D eigenvalue weighted by atomic mass is 10.0. The second-order valence-electron chi connectivity index (χ2n) is 8.50. The Morgan fingerprint density at radius 1 is 1.03 bits per heavy atom. The molecular formula is C24H41FN2O5. The van der Waals surface area contributed by atoms with Crippen molar-refractivity contribution in [1.82, 2.24) is 9.55 Å². The van der Waals surface area contributed by atoms with Crippen LogP contribution in [0.15, 0.2) is 15.8 Å². The number of hydrogen-bond acceptors (Lipinski definition) is 4. The molecule has 1 atom stereocenters. The van der Waals surface area contributed by atoms with Gasteiger partial charge in [0.2, 0.25) is 5.82 Å². The Kier molecular flexibility index (Phi) is 15.4. The predicted molar refractivity (Wildman–Crippen MR) is 123 cm³/mol. The average Bonchev–Trinajstić information content (AvgIpc) is 3.29. The van der Waals surface area contributed by atoms with Gasteiger partial charge < -0.3 is 9.84 Å². The van der Waals surface area contributed by atoms with Crippen LogP contribution in [-0.2, 0) is 9.53 Å². The maximum atomic E-state index is 12.9. The van der Waals surface area contributed by atoms with Crippen molar-refractivity contribution in [3.63, 3.8) is 0 Å². The van der Waals surface area contributed by atoms with Crippen molar-refractivity contribution in [3.05, 3.63) is 32.9 Å². The molecule has 1 aromatic heterocycles. The lowest BCUT2D eigenvalue weighted by molar-refractivity contribution is -0.137. The number of aliphatic carboxylic acids is 1. The largest absolute Gasteiger partial charge is 0.481 e. The summed E-state index contributed by atoms with van der Waals surface area (Å²) in [4.78, 5) is 34.1. The minimum Gasteiger partial charge on any atom is -0.481 e. The van der Waals surface area contributed by atoms with Crippen molar-refractivity contribution in [2.75, 3.05) is 6.61 Å². The molecule has 1 fully saturated rings. The molecule has 7 nitrogen and oxygen atoms in total. The van der Waals surface area contributed by atoms with Gasteiger partial charge in [-0.05, 0) is 19.3 Å². The molecule has 0 saturated carbocycles. The van der Waals surface area contributed by atoms with Crippen LogP contribution < -0.4 is 11.2 Å². The van der Waals surface area contributed by atoms with Crippen molar-refractivity contribution in [2.45, 2.75) is 116 Å². The number of aromatic nitrogens is 2. The van der Waals surface area contributed by atoms with Gasteiger partial charge in [-0.15, -0.1) is 0 Å². The summed E-state index contributed by atoms with van der Waals surface area (Å²) in [5.41, 5.74) is -1.63. The Bertz CT molecular complexity index is 741. The van der Waals surface area contributed by atoms with Crippen LogP contribution in [0.3, 0.4) is 0 Å². The summed E-state index contributed by atoms with van der Waals surface area (Å²) in [5.74, 6) is -1.63. The van der Waals surface area contributed by atoms with E-state index in [0.717, 1.165) is 30.0 Å². The van der Waals surface area contributed by atoms with Gasteiger partial charge in [0.25, 0.3) is 5.56 Å². The molecule has 2 heterocycles. The molecule has 1 aliphatic heterocycles. The predicted octanol–water partition coefficient (Wildman–Crippen LogP) is 5.54. The van der Waals surface area contributed by atoms with E-state index in [1.54, 1.807) is 0 Å². The second-order valence-corrected chi connectivity index (χ2v) is 8.50. The molecule has 32 heavy (non-hydrogen) atoms. The normalized spacial score (nSPS) is 15.4. The molecule has 0 amide bonds. The number of hydrogen-bond donors (Lipinski definition) is 2. The van der Waals surface area contributed by atoms with Gasteiger partial charge in [0.05, 0.1) is 6.20 Å². The summed E-state index contributed by atoms with van der Waals surface area (Å²) in [7, 11) is 0. The summed E-state index contributed by atoms with van der Waals surface area (Å²) >= 11 is 0. The lowest BCUT2D eigenvalue weighted by Crippen LogP contribution is -2.33. The maximum absolute atomic E-state index is 12.9. The first-order valence-electron chi connectivity index (χ1n) is 12.3. The molecular weight excluding hydrogens is 415 g/mol. The molecule has 1 aromatic rings. The van der Waals surface area contributed by atoms with E-state index in [4.69, 9.17) is 9.84 Å². The van der Waals surface area contributed by atoms with E-state index in [9.17, 15) is 18.8 Å². The number of aromatic amines is 1. The zero-order valence-electron chi connectivity index (χ0n) is 19.6. The molecule has 0 aromatic carbocycles. The van der Waals surface area contributed by atoms with Crippen LogP contribution >= 0.6 is 0 Å². The van der Waals surface area contributed by atoms with Crippen LogP contribution in [0, 0.1) is 5.82 Å². The van der Waals surface area contributed by atoms with Crippen molar-refractivity contribution < 1.29 is 19.0 Å². The highest BCUT2D eigenvalue weighted by Gasteiger charge is 2.19. The molecule has 2 rings (SSSR count). The molecule has 0 radical (unpaired) electrons. The number of H-pyrrole nitrogens is 1. The number of nitrogens with one attached hydrogen (secondary N) is 1. The summed E-state index contributed by atoms with van der Waals surface area (Å²) in [5, 5.41) is 8.49. The number of ether oxygens (including phenoxy) is 1. The first kappa shape index (κ1) is 28.1. The summed E-state index contributed by atoms with van der Waals surface area (Å²) < 4.78 is 19.1. The first-order valence-corrected chi connectivity index (χ1v) is 12.3. The van der Waals surface area contributed by atoms with Crippen molar-refractivity contribution in [1.29, 1.82) is 0 Å². The number of carboxylic acid groups (broad SMARTS) is 1. The van der Waals surface area contributed by atoms with Crippen LogP contribution in [-0.4, -0.2) is 27.2 Å². The summed E-state index contributed by atoms with van der Waals surface area (Å²) in [6.45, 7) is 2.81. The quantitative estimate of drug-likeness (QED) is 0.338. The van der Waals surface area contributed by atoms with Crippen LogP contribution in [0.5, 0.6) is 0 Å². The molecule has 0 spiro atoms. The fraction of sp³-hybridized carbons (Fsp3) is 0.792. The third kappa shape index (κ3) is 12.8. The fourth-order valence-electron chi connectivity index (χ4n) is 3.75. The fourth-order valence-corrected chi connectivity index (χ4v) is 3.75. The minimum atomic E-state index is -0.996. The van der Waals surface area contributed by atoms with Gasteiger partial charge in [0.15, 0.2) is 0 Å². The molecule has 1 aliphatic rings. The molecule has 8 heteroatoms. The van der Waals surface area contributed by atoms with E-state index >= 15 is 0 Å². The van der Waals surface area contributed by atoms with E-state index in [0.29, 0.717) is 19.4 Å². The van der Waals surface area contributed by atoms with Gasteiger partial charge >= 0.3 is 11.7 Å². The maximum Gasteiger partial charge on any atom is 0.330 e. The van der Waals surface area contributed by atoms with Gasteiger partial charge in [-0.3, -0.25) is 19.1 Å². The van der Waals surface area contributed by atoms with Crippen LogP contribution in [0.25, 0.3) is 0 Å². The Morgan fingerprint density at radius 2 is 1.56 bits per heavy atom. The number of halogens is 1. The van der Waals surface area contributed by atoms with Gasteiger partial charge in [-0.25, -0.2) is 4.79 Å². The lowest BCUT2D eigenvalue weighted by Gasteiger charge is -2.11. The SMILES string of the molecule is CCCCCCCCCCCCCCCC(=O)O.O=c1[nH]c(=O)n(C2CCCO2)cc1F. The first-order chi connectivity index (χ1) is 15.5. The summed E-state index contributed by atoms with van der Waals surface area (Å²) in [6, 6.07) is 0. The van der Waals surface area contributed by atoms with E-state index < -0.39 is 29.3 Å². The Morgan fingerprint density at radius 3 is 2.03 bits per heavy atom. The van der Waals surface area contributed by atoms with Crippen molar-refractivity contribution in [3.8, 4) is 0 Å². The van der Waals surface area contributed by atoms with Crippen LogP contribution in [0.1, 0.15) is 116 Å². The van der Waals surface area contributed by atoms with Crippen molar-refractivity contribution in [2.24, 2.45) is 0 Å². The highest BCUT2D eigenvalue weighted by Crippen LogP contribution is 2.20. The highest BCUT2D eigenvalue weighted by molar-refractivity contribution is 5.66. The van der Waals surface area contributed by atoms with Crippen LogP contribution in [0.4, 0.5) is 4.39 Å². The van der Waals surface area contributed by atoms with Crippen LogP contribution in [0.2, 0.25) is 0 Å². The van der Waals surface area contributed by atoms with E-state index in [1.165, 1.54) is 70.6 Å². The number of carboxylic acids is 1. The number of unbranched alkanes of at least 4 members (excludes halogenated alkanes) is 12. The van der Waals surface area contributed by atoms with Crippen molar-refractivity contribution >= 4 is 5.97 Å². The molecule has 1 unspecified atom stereocenters. The molecule has 1 saturated heterocycles. The van der Waals surface area contributed by atoms with E-state index in [1.807, 2.05) is 4.98 Å². The van der Waals surface area contributed by atoms with E-state index in [-0.39, 0.29) is 0 Å². The number of carbonyl (C=O) groups is 1. The zero-order valence-corrected chi connectivity index (χ0v) is 19.6.